The standard InChI is InChI=1S/C22H21BrN2O3/c1-13(2)28-22(27)18(11-24)20-17-10-16(23)8-9-19(17)25(21(20)26)12-15-6-4-14(3)5-7-15/h4-10,13,18,20H,12H2,1-3H3. The molecule has 2 atom stereocenters. The predicted octanol–water partition coefficient (Wildman–Crippen LogP) is 4.48. The lowest BCUT2D eigenvalue weighted by Crippen LogP contribution is -2.34. The van der Waals surface area contributed by atoms with E-state index in [4.69, 9.17) is 4.74 Å². The zero-order valence-electron chi connectivity index (χ0n) is 16.0. The number of fused-ring (bicyclic) bond motifs is 1. The van der Waals surface area contributed by atoms with Crippen LogP contribution in [0.4, 0.5) is 5.69 Å². The molecule has 1 aliphatic rings. The fourth-order valence-electron chi connectivity index (χ4n) is 3.37. The molecule has 28 heavy (non-hydrogen) atoms. The van der Waals surface area contributed by atoms with Gasteiger partial charge in [0.15, 0.2) is 5.92 Å². The number of anilines is 1. The van der Waals surface area contributed by atoms with Crippen LogP contribution in [0, 0.1) is 24.2 Å². The summed E-state index contributed by atoms with van der Waals surface area (Å²) >= 11 is 3.43. The number of nitrogens with zero attached hydrogens (tertiary/aromatic N) is 2. The number of rotatable bonds is 5. The molecule has 2 aromatic carbocycles. The number of esters is 1. The molecule has 0 spiro atoms. The molecule has 0 aromatic heterocycles. The predicted molar refractivity (Wildman–Crippen MR) is 110 cm³/mol. The molecule has 0 aliphatic carbocycles. The van der Waals surface area contributed by atoms with Crippen LogP contribution in [0.25, 0.3) is 0 Å². The second kappa shape index (κ2) is 8.15. The third-order valence-corrected chi connectivity index (χ3v) is 5.18. The molecule has 2 unspecified atom stereocenters. The Morgan fingerprint density at radius 2 is 1.93 bits per heavy atom. The van der Waals surface area contributed by atoms with E-state index in [0.29, 0.717) is 12.1 Å². The first kappa shape index (κ1) is 20.1. The minimum Gasteiger partial charge on any atom is -0.462 e. The number of hydrogen-bond donors (Lipinski definition) is 0. The highest BCUT2D eigenvalue weighted by molar-refractivity contribution is 9.10. The van der Waals surface area contributed by atoms with Gasteiger partial charge in [-0.1, -0.05) is 45.8 Å². The highest BCUT2D eigenvalue weighted by Crippen LogP contribution is 2.43. The lowest BCUT2D eigenvalue weighted by Gasteiger charge is -2.20. The third kappa shape index (κ3) is 3.95. The van der Waals surface area contributed by atoms with Crippen LogP contribution in [-0.4, -0.2) is 18.0 Å². The van der Waals surface area contributed by atoms with Crippen molar-refractivity contribution in [1.29, 1.82) is 5.26 Å². The Hall–Kier alpha value is -2.65. The Bertz CT molecular complexity index is 947. The van der Waals surface area contributed by atoms with Crippen LogP contribution >= 0.6 is 15.9 Å². The molecule has 2 aromatic rings. The van der Waals surface area contributed by atoms with Gasteiger partial charge >= 0.3 is 5.97 Å². The molecule has 1 aliphatic heterocycles. The molecule has 5 nitrogen and oxygen atoms in total. The van der Waals surface area contributed by atoms with Crippen LogP contribution < -0.4 is 4.90 Å². The zero-order chi connectivity index (χ0) is 20.4. The Balaban J connectivity index is 1.99. The minimum atomic E-state index is -1.19. The van der Waals surface area contributed by atoms with Crippen LogP contribution in [0.3, 0.4) is 0 Å². The van der Waals surface area contributed by atoms with Gasteiger partial charge in [-0.2, -0.15) is 5.26 Å². The summed E-state index contributed by atoms with van der Waals surface area (Å²) in [6, 6.07) is 15.4. The Morgan fingerprint density at radius 1 is 1.25 bits per heavy atom. The number of carbonyl (C=O) groups excluding carboxylic acids is 2. The summed E-state index contributed by atoms with van der Waals surface area (Å²) in [5.74, 6) is -3.00. The molecular weight excluding hydrogens is 420 g/mol. The first-order valence-electron chi connectivity index (χ1n) is 9.08. The van der Waals surface area contributed by atoms with Gasteiger partial charge < -0.3 is 9.64 Å². The van der Waals surface area contributed by atoms with Crippen molar-refractivity contribution >= 4 is 33.5 Å². The number of ether oxygens (including phenoxy) is 1. The van der Waals surface area contributed by atoms with E-state index in [2.05, 4.69) is 15.9 Å². The van der Waals surface area contributed by atoms with Crippen molar-refractivity contribution in [2.24, 2.45) is 5.92 Å². The van der Waals surface area contributed by atoms with Crippen molar-refractivity contribution in [3.63, 3.8) is 0 Å². The Morgan fingerprint density at radius 3 is 2.54 bits per heavy atom. The second-order valence-electron chi connectivity index (χ2n) is 7.18. The summed E-state index contributed by atoms with van der Waals surface area (Å²) in [5.41, 5.74) is 3.50. The van der Waals surface area contributed by atoms with Gasteiger partial charge in [0.2, 0.25) is 5.91 Å². The number of hydrogen-bond acceptors (Lipinski definition) is 4. The van der Waals surface area contributed by atoms with Gasteiger partial charge in [-0.15, -0.1) is 0 Å². The Labute approximate surface area is 173 Å². The van der Waals surface area contributed by atoms with Gasteiger partial charge in [0, 0.05) is 10.2 Å². The van der Waals surface area contributed by atoms with Crippen LogP contribution in [-0.2, 0) is 20.9 Å². The van der Waals surface area contributed by atoms with Crippen molar-refractivity contribution in [3.8, 4) is 6.07 Å². The van der Waals surface area contributed by atoms with Gasteiger partial charge in [-0.3, -0.25) is 9.59 Å². The van der Waals surface area contributed by atoms with Gasteiger partial charge in [0.05, 0.1) is 24.6 Å². The fraction of sp³-hybridized carbons (Fsp3) is 0.318. The number of carbonyl (C=O) groups is 2. The first-order chi connectivity index (χ1) is 13.3. The molecule has 0 N–H and O–H groups in total. The highest BCUT2D eigenvalue weighted by atomic mass is 79.9. The van der Waals surface area contributed by atoms with E-state index in [1.807, 2.05) is 49.4 Å². The summed E-state index contributed by atoms with van der Waals surface area (Å²) in [4.78, 5) is 27.4. The molecule has 1 heterocycles. The van der Waals surface area contributed by atoms with E-state index in [-0.39, 0.29) is 12.0 Å². The van der Waals surface area contributed by atoms with Crippen molar-refractivity contribution < 1.29 is 14.3 Å². The number of amides is 1. The van der Waals surface area contributed by atoms with E-state index >= 15 is 0 Å². The topological polar surface area (TPSA) is 70.4 Å². The van der Waals surface area contributed by atoms with Gasteiger partial charge in [-0.25, -0.2) is 0 Å². The van der Waals surface area contributed by atoms with E-state index < -0.39 is 17.8 Å². The average molecular weight is 441 g/mol. The normalized spacial score (nSPS) is 16.6. The van der Waals surface area contributed by atoms with Crippen LogP contribution in [0.1, 0.15) is 36.5 Å². The number of aryl methyl sites for hydroxylation is 1. The molecule has 6 heteroatoms. The number of halogens is 1. The molecule has 0 saturated carbocycles. The van der Waals surface area contributed by atoms with E-state index in [1.54, 1.807) is 24.8 Å². The van der Waals surface area contributed by atoms with Crippen LogP contribution in [0.15, 0.2) is 46.9 Å². The van der Waals surface area contributed by atoms with Gasteiger partial charge in [-0.05, 0) is 50.1 Å². The average Bonchev–Trinajstić information content (AvgIpc) is 2.89. The van der Waals surface area contributed by atoms with E-state index in [9.17, 15) is 14.9 Å². The van der Waals surface area contributed by atoms with Crippen LogP contribution in [0.5, 0.6) is 0 Å². The van der Waals surface area contributed by atoms with Gasteiger partial charge in [0.25, 0.3) is 0 Å². The molecule has 0 radical (unpaired) electrons. The van der Waals surface area contributed by atoms with Crippen molar-refractivity contribution in [3.05, 3.63) is 63.6 Å². The zero-order valence-corrected chi connectivity index (χ0v) is 17.6. The molecule has 144 valence electrons. The fourth-order valence-corrected chi connectivity index (χ4v) is 3.75. The van der Waals surface area contributed by atoms with Crippen LogP contribution in [0.2, 0.25) is 0 Å². The number of benzene rings is 2. The van der Waals surface area contributed by atoms with Crippen molar-refractivity contribution in [2.75, 3.05) is 4.90 Å². The molecular formula is C22H21BrN2O3. The molecule has 3 rings (SSSR count). The maximum atomic E-state index is 13.3. The smallest absolute Gasteiger partial charge is 0.324 e. The summed E-state index contributed by atoms with van der Waals surface area (Å²) in [6.45, 7) is 5.82. The monoisotopic (exact) mass is 440 g/mol. The van der Waals surface area contributed by atoms with Gasteiger partial charge in [0.1, 0.15) is 0 Å². The lowest BCUT2D eigenvalue weighted by atomic mass is 9.88. The third-order valence-electron chi connectivity index (χ3n) is 4.69. The molecule has 0 fully saturated rings. The minimum absolute atomic E-state index is 0.263. The number of nitriles is 1. The Kier molecular flexibility index (Phi) is 5.85. The summed E-state index contributed by atoms with van der Waals surface area (Å²) in [6.07, 6.45) is -0.356. The largest absolute Gasteiger partial charge is 0.462 e. The summed E-state index contributed by atoms with van der Waals surface area (Å²) in [7, 11) is 0. The van der Waals surface area contributed by atoms with Crippen molar-refractivity contribution in [1.82, 2.24) is 0 Å². The molecule has 0 saturated heterocycles. The highest BCUT2D eigenvalue weighted by Gasteiger charge is 2.46. The second-order valence-corrected chi connectivity index (χ2v) is 8.10. The quantitative estimate of drug-likeness (QED) is 0.642. The molecule has 1 amide bonds. The maximum Gasteiger partial charge on any atom is 0.324 e. The summed E-state index contributed by atoms with van der Waals surface area (Å²) in [5, 5.41) is 9.66. The van der Waals surface area contributed by atoms with E-state index in [0.717, 1.165) is 21.3 Å². The summed E-state index contributed by atoms with van der Waals surface area (Å²) < 4.78 is 6.02. The maximum absolute atomic E-state index is 13.3. The lowest BCUT2D eigenvalue weighted by molar-refractivity contribution is -0.152. The van der Waals surface area contributed by atoms with Crippen molar-refractivity contribution in [2.45, 2.75) is 39.3 Å². The first-order valence-corrected chi connectivity index (χ1v) is 9.87. The SMILES string of the molecule is Cc1ccc(CN2C(=O)C(C(C#N)C(=O)OC(C)C)c3cc(Br)ccc32)cc1. The molecule has 0 bridgehead atoms. The van der Waals surface area contributed by atoms with E-state index in [1.165, 1.54) is 0 Å².